The minimum atomic E-state index is -0.128. The molecule has 1 aromatic rings. The predicted octanol–water partition coefficient (Wildman–Crippen LogP) is 3.96. The summed E-state index contributed by atoms with van der Waals surface area (Å²) in [6, 6.07) is 7.88. The largest absolute Gasteiger partial charge is 0.114 e. The number of hydrogen-bond acceptors (Lipinski definition) is 0. The monoisotopic (exact) mass is 230 g/mol. The van der Waals surface area contributed by atoms with Gasteiger partial charge in [-0.3, -0.25) is 0 Å². The topological polar surface area (TPSA) is 0 Å². The maximum atomic E-state index is 5.86. The van der Waals surface area contributed by atoms with Gasteiger partial charge in [0.05, 0.1) is 0 Å². The second kappa shape index (κ2) is 3.93. The van der Waals surface area contributed by atoms with Gasteiger partial charge in [-0.15, -0.1) is 11.6 Å². The molecule has 2 heteroatoms. The highest BCUT2D eigenvalue weighted by Crippen LogP contribution is 2.29. The van der Waals surface area contributed by atoms with Crippen LogP contribution in [0.2, 0.25) is 0 Å². The Morgan fingerprint density at radius 3 is 2.55 bits per heavy atom. The predicted molar refractivity (Wildman–Crippen MR) is 54.1 cm³/mol. The Kier molecular flexibility index (Phi) is 3.16. The number of rotatable bonds is 2. The zero-order chi connectivity index (χ0) is 8.27. The fourth-order valence-corrected chi connectivity index (χ4v) is 1.51. The lowest BCUT2D eigenvalue weighted by molar-refractivity contribution is 1.37. The van der Waals surface area contributed by atoms with Gasteiger partial charge >= 0.3 is 0 Å². The summed E-state index contributed by atoms with van der Waals surface area (Å²) in [5.74, 6) is 0. The average Bonchev–Trinajstić information content (AvgIpc) is 2.04. The first-order valence-electron chi connectivity index (χ1n) is 3.25. The van der Waals surface area contributed by atoms with Crippen LogP contribution in [-0.2, 0) is 0 Å². The fourth-order valence-electron chi connectivity index (χ4n) is 0.896. The molecule has 0 fully saturated rings. The van der Waals surface area contributed by atoms with Crippen molar-refractivity contribution in [3.63, 3.8) is 0 Å². The maximum Gasteiger partial charge on any atom is 0.114 e. The van der Waals surface area contributed by atoms with Gasteiger partial charge in [-0.1, -0.05) is 52.9 Å². The molecule has 0 aromatic heterocycles. The van der Waals surface area contributed by atoms with E-state index in [1.54, 1.807) is 6.08 Å². The van der Waals surface area contributed by atoms with E-state index >= 15 is 0 Å². The van der Waals surface area contributed by atoms with E-state index in [0.717, 1.165) is 11.1 Å². The zero-order valence-electron chi connectivity index (χ0n) is 5.93. The Balaban J connectivity index is 3.12. The van der Waals surface area contributed by atoms with Gasteiger partial charge in [0.15, 0.2) is 0 Å². The summed E-state index contributed by atoms with van der Waals surface area (Å²) >= 11 is 9.15. The Labute approximate surface area is 80.0 Å². The van der Waals surface area contributed by atoms with E-state index in [9.17, 15) is 0 Å². The summed E-state index contributed by atoms with van der Waals surface area (Å²) < 4.78 is -0.128. The van der Waals surface area contributed by atoms with Crippen molar-refractivity contribution in [1.29, 1.82) is 0 Å². The first-order chi connectivity index (χ1) is 5.25. The minimum absolute atomic E-state index is 0.128. The SMILES string of the molecule is C=Cc1ccccc1C(Cl)Br. The molecule has 0 radical (unpaired) electrons. The van der Waals surface area contributed by atoms with Crippen LogP contribution in [0.5, 0.6) is 0 Å². The van der Waals surface area contributed by atoms with Crippen LogP contribution in [0.4, 0.5) is 0 Å². The average molecular weight is 232 g/mol. The molecule has 0 N–H and O–H groups in total. The molecule has 11 heavy (non-hydrogen) atoms. The van der Waals surface area contributed by atoms with Crippen molar-refractivity contribution < 1.29 is 0 Å². The lowest BCUT2D eigenvalue weighted by Gasteiger charge is -2.04. The van der Waals surface area contributed by atoms with Gasteiger partial charge in [0, 0.05) is 0 Å². The van der Waals surface area contributed by atoms with Crippen molar-refractivity contribution in [2.75, 3.05) is 0 Å². The van der Waals surface area contributed by atoms with Gasteiger partial charge in [-0.25, -0.2) is 0 Å². The Morgan fingerprint density at radius 1 is 1.45 bits per heavy atom. The van der Waals surface area contributed by atoms with Crippen LogP contribution >= 0.6 is 27.5 Å². The molecule has 1 rings (SSSR count). The van der Waals surface area contributed by atoms with Crippen molar-refractivity contribution in [2.24, 2.45) is 0 Å². The Bertz CT molecular complexity index is 255. The molecule has 0 nitrogen and oxygen atoms in total. The van der Waals surface area contributed by atoms with Crippen molar-refractivity contribution in [3.8, 4) is 0 Å². The molecule has 0 aliphatic heterocycles. The van der Waals surface area contributed by atoms with Crippen molar-refractivity contribution in [2.45, 2.75) is 4.29 Å². The molecular weight excluding hydrogens is 223 g/mol. The summed E-state index contributed by atoms with van der Waals surface area (Å²) in [6.07, 6.45) is 1.80. The van der Waals surface area contributed by atoms with Gasteiger partial charge < -0.3 is 0 Å². The third-order valence-corrected chi connectivity index (χ3v) is 2.18. The van der Waals surface area contributed by atoms with Crippen LogP contribution in [0.3, 0.4) is 0 Å². The summed E-state index contributed by atoms with van der Waals surface area (Å²) in [6.45, 7) is 3.69. The van der Waals surface area contributed by atoms with E-state index in [1.165, 1.54) is 0 Å². The van der Waals surface area contributed by atoms with Crippen LogP contribution in [-0.4, -0.2) is 0 Å². The normalized spacial score (nSPS) is 12.5. The van der Waals surface area contributed by atoms with E-state index in [4.69, 9.17) is 11.6 Å². The van der Waals surface area contributed by atoms with Crippen molar-refractivity contribution in [1.82, 2.24) is 0 Å². The third-order valence-electron chi connectivity index (χ3n) is 1.45. The van der Waals surface area contributed by atoms with E-state index < -0.39 is 0 Å². The standard InChI is InChI=1S/C9H8BrCl/c1-2-7-5-3-4-6-8(7)9(10)11/h2-6,9H,1H2. The Morgan fingerprint density at radius 2 is 2.09 bits per heavy atom. The highest BCUT2D eigenvalue weighted by atomic mass is 79.9. The van der Waals surface area contributed by atoms with Gasteiger partial charge in [0.1, 0.15) is 4.29 Å². The highest BCUT2D eigenvalue weighted by Gasteiger charge is 2.04. The van der Waals surface area contributed by atoms with Crippen LogP contribution in [0, 0.1) is 0 Å². The molecule has 0 saturated carbocycles. The van der Waals surface area contributed by atoms with Crippen LogP contribution in [0.25, 0.3) is 6.08 Å². The minimum Gasteiger partial charge on any atom is -0.105 e. The zero-order valence-corrected chi connectivity index (χ0v) is 8.27. The quantitative estimate of drug-likeness (QED) is 0.676. The van der Waals surface area contributed by atoms with E-state index in [2.05, 4.69) is 22.5 Å². The molecule has 58 valence electrons. The van der Waals surface area contributed by atoms with Gasteiger partial charge in [0.2, 0.25) is 0 Å². The third kappa shape index (κ3) is 2.08. The smallest absolute Gasteiger partial charge is 0.105 e. The number of alkyl halides is 2. The first-order valence-corrected chi connectivity index (χ1v) is 4.60. The molecule has 0 spiro atoms. The van der Waals surface area contributed by atoms with Crippen molar-refractivity contribution in [3.05, 3.63) is 42.0 Å². The summed E-state index contributed by atoms with van der Waals surface area (Å²) in [5, 5.41) is 0. The van der Waals surface area contributed by atoms with E-state index in [0.29, 0.717) is 0 Å². The summed E-state index contributed by atoms with van der Waals surface area (Å²) in [7, 11) is 0. The number of benzene rings is 1. The molecular formula is C9H8BrCl. The molecule has 0 amide bonds. The number of hydrogen-bond donors (Lipinski definition) is 0. The second-order valence-electron chi connectivity index (χ2n) is 2.13. The lowest BCUT2D eigenvalue weighted by Crippen LogP contribution is -1.84. The van der Waals surface area contributed by atoms with E-state index in [1.807, 2.05) is 24.3 Å². The summed E-state index contributed by atoms with van der Waals surface area (Å²) in [4.78, 5) is 0. The molecule has 1 unspecified atom stereocenters. The molecule has 1 atom stereocenters. The Hall–Kier alpha value is -0.270. The van der Waals surface area contributed by atoms with Crippen molar-refractivity contribution >= 4 is 33.6 Å². The fraction of sp³-hybridized carbons (Fsp3) is 0.111. The first kappa shape index (κ1) is 8.82. The van der Waals surface area contributed by atoms with Crippen LogP contribution < -0.4 is 0 Å². The molecule has 0 aliphatic carbocycles. The van der Waals surface area contributed by atoms with E-state index in [-0.39, 0.29) is 4.29 Å². The molecule has 0 saturated heterocycles. The second-order valence-corrected chi connectivity index (χ2v) is 4.01. The maximum absolute atomic E-state index is 5.86. The van der Waals surface area contributed by atoms with Gasteiger partial charge in [0.25, 0.3) is 0 Å². The lowest BCUT2D eigenvalue weighted by atomic mass is 10.1. The molecule has 0 heterocycles. The molecule has 0 aliphatic rings. The highest BCUT2D eigenvalue weighted by molar-refractivity contribution is 9.09. The summed E-state index contributed by atoms with van der Waals surface area (Å²) in [5.41, 5.74) is 2.13. The van der Waals surface area contributed by atoms with Crippen LogP contribution in [0.1, 0.15) is 15.4 Å². The molecule has 0 bridgehead atoms. The molecule has 1 aromatic carbocycles. The number of halogens is 2. The van der Waals surface area contributed by atoms with Gasteiger partial charge in [-0.2, -0.15) is 0 Å². The van der Waals surface area contributed by atoms with Crippen LogP contribution in [0.15, 0.2) is 30.8 Å². The van der Waals surface area contributed by atoms with Gasteiger partial charge in [-0.05, 0) is 11.1 Å².